The number of allylic oxidation sites excluding steroid dienone is 4. The molecule has 9 nitrogen and oxygen atoms in total. The van der Waals surface area contributed by atoms with E-state index < -0.39 is 17.0 Å². The van der Waals surface area contributed by atoms with E-state index in [0.717, 1.165) is 34.4 Å². The van der Waals surface area contributed by atoms with Crippen LogP contribution in [0.15, 0.2) is 67.0 Å². The predicted octanol–water partition coefficient (Wildman–Crippen LogP) is 3.89. The number of aliphatic hydroxyl groups is 1. The molecule has 0 aliphatic heterocycles. The third-order valence-electron chi connectivity index (χ3n) is 7.00. The lowest BCUT2D eigenvalue weighted by molar-refractivity contribution is -0.0803. The van der Waals surface area contributed by atoms with Crippen LogP contribution in [0, 0.1) is 0 Å². The minimum Gasteiger partial charge on any atom is -0.387 e. The van der Waals surface area contributed by atoms with Gasteiger partial charge in [0.25, 0.3) is 0 Å². The van der Waals surface area contributed by atoms with E-state index in [1.54, 1.807) is 6.20 Å². The van der Waals surface area contributed by atoms with E-state index in [4.69, 9.17) is 24.4 Å². The zero-order valence-electron chi connectivity index (χ0n) is 19.3. The van der Waals surface area contributed by atoms with Crippen LogP contribution in [0.5, 0.6) is 0 Å². The second-order valence-corrected chi connectivity index (χ2v) is 10.1. The maximum absolute atomic E-state index is 10.8. The van der Waals surface area contributed by atoms with Crippen LogP contribution in [-0.2, 0) is 15.5 Å². The fraction of sp³-hybridized carbons (Fsp3) is 0.269. The van der Waals surface area contributed by atoms with Crippen LogP contribution in [0.3, 0.4) is 0 Å². The second kappa shape index (κ2) is 8.90. The zero-order valence-corrected chi connectivity index (χ0v) is 20.1. The van der Waals surface area contributed by atoms with Gasteiger partial charge in [-0.25, -0.2) is 9.97 Å². The van der Waals surface area contributed by atoms with E-state index >= 15 is 0 Å². The van der Waals surface area contributed by atoms with Crippen LogP contribution in [0.1, 0.15) is 42.6 Å². The Morgan fingerprint density at radius 1 is 1.19 bits per heavy atom. The van der Waals surface area contributed by atoms with E-state index in [9.17, 15) is 9.32 Å². The van der Waals surface area contributed by atoms with Gasteiger partial charge in [-0.1, -0.05) is 42.5 Å². The molecular weight excluding hydrogens is 478 g/mol. The highest BCUT2D eigenvalue weighted by atomic mass is 32.2. The van der Waals surface area contributed by atoms with E-state index in [2.05, 4.69) is 41.4 Å². The van der Waals surface area contributed by atoms with Crippen LogP contribution in [0.2, 0.25) is 0 Å². The Kier molecular flexibility index (Phi) is 5.68. The van der Waals surface area contributed by atoms with Crippen LogP contribution in [-0.4, -0.2) is 45.4 Å². The fourth-order valence-electron chi connectivity index (χ4n) is 5.18. The van der Waals surface area contributed by atoms with Crippen molar-refractivity contribution in [3.63, 3.8) is 0 Å². The first-order valence-corrected chi connectivity index (χ1v) is 12.8. The van der Waals surface area contributed by atoms with Gasteiger partial charge >= 0.3 is 11.4 Å². The average Bonchev–Trinajstić information content (AvgIpc) is 3.26. The summed E-state index contributed by atoms with van der Waals surface area (Å²) in [5.41, 5.74) is 9.32. The summed E-state index contributed by atoms with van der Waals surface area (Å²) in [5, 5.41) is 11.7. The van der Waals surface area contributed by atoms with Crippen molar-refractivity contribution < 1.29 is 18.1 Å². The quantitative estimate of drug-likeness (QED) is 0.337. The van der Waals surface area contributed by atoms with Crippen molar-refractivity contribution in [2.75, 3.05) is 12.3 Å². The van der Waals surface area contributed by atoms with Gasteiger partial charge in [-0.05, 0) is 31.4 Å². The summed E-state index contributed by atoms with van der Waals surface area (Å²) in [6, 6.07) is 10.2. The molecule has 10 heteroatoms. The lowest BCUT2D eigenvalue weighted by Gasteiger charge is -2.42. The third-order valence-corrected chi connectivity index (χ3v) is 7.32. The van der Waals surface area contributed by atoms with Gasteiger partial charge in [0.2, 0.25) is 0 Å². The molecule has 0 bridgehead atoms. The first kappa shape index (κ1) is 23.0. The third kappa shape index (κ3) is 4.11. The summed E-state index contributed by atoms with van der Waals surface area (Å²) in [7, 11) is 0. The molecule has 0 spiro atoms. The molecule has 2 atom stereocenters. The monoisotopic (exact) mass is 503 g/mol. The summed E-state index contributed by atoms with van der Waals surface area (Å²) in [4.78, 5) is 14.2. The summed E-state index contributed by atoms with van der Waals surface area (Å²) in [5.74, 6) is 1.31. The van der Waals surface area contributed by atoms with Crippen LogP contribution in [0.25, 0.3) is 27.7 Å². The molecule has 3 aromatic heterocycles. The lowest BCUT2D eigenvalue weighted by atomic mass is 9.71. The molecule has 3 heterocycles. The number of hydrogen-bond donors (Lipinski definition) is 3. The van der Waals surface area contributed by atoms with Crippen molar-refractivity contribution in [1.29, 1.82) is 0 Å². The Balaban J connectivity index is 1.38. The van der Waals surface area contributed by atoms with E-state index in [1.807, 2.05) is 28.8 Å². The molecule has 4 N–H and O–H groups in total. The Hall–Kier alpha value is -3.44. The number of benzene rings is 1. The first-order valence-electron chi connectivity index (χ1n) is 11.7. The molecule has 0 amide bonds. The van der Waals surface area contributed by atoms with Gasteiger partial charge in [0.05, 0.1) is 17.7 Å². The van der Waals surface area contributed by atoms with E-state index in [0.29, 0.717) is 29.9 Å². The maximum atomic E-state index is 10.8. The number of nitrogens with zero attached hydrogens (tertiary/aromatic N) is 4. The number of pyridine rings is 1. The van der Waals surface area contributed by atoms with Gasteiger partial charge in [0.1, 0.15) is 22.9 Å². The molecule has 36 heavy (non-hydrogen) atoms. The number of hydrogen-bond acceptors (Lipinski definition) is 7. The van der Waals surface area contributed by atoms with Crippen molar-refractivity contribution in [3.8, 4) is 11.3 Å². The highest BCUT2D eigenvalue weighted by molar-refractivity contribution is 7.74. The van der Waals surface area contributed by atoms with E-state index in [-0.39, 0.29) is 18.4 Å². The van der Waals surface area contributed by atoms with E-state index in [1.165, 1.54) is 0 Å². The Morgan fingerprint density at radius 2 is 2.03 bits per heavy atom. The van der Waals surface area contributed by atoms with Gasteiger partial charge in [-0.15, -0.1) is 0 Å². The molecule has 184 valence electrons. The number of nitrogen functional groups attached to an aromatic ring is 1. The van der Waals surface area contributed by atoms with Crippen LogP contribution < -0.4 is 5.73 Å². The first-order chi connectivity index (χ1) is 17.4. The maximum Gasteiger partial charge on any atom is 0.301 e. The average molecular weight is 504 g/mol. The molecule has 2 aliphatic rings. The Labute approximate surface area is 209 Å². The summed E-state index contributed by atoms with van der Waals surface area (Å²) in [6.45, 7) is -0.211. The number of fused-ring (bicyclic) bond motifs is 2. The van der Waals surface area contributed by atoms with Crippen LogP contribution >= 0.6 is 0 Å². The fourth-order valence-corrected chi connectivity index (χ4v) is 5.50. The summed E-state index contributed by atoms with van der Waals surface area (Å²) in [6.07, 6.45) is 13.5. The Bertz CT molecular complexity index is 1560. The van der Waals surface area contributed by atoms with Gasteiger partial charge < -0.3 is 10.8 Å². The molecular formula is C26H25N5O4S. The highest BCUT2D eigenvalue weighted by Gasteiger charge is 2.46. The summed E-state index contributed by atoms with van der Waals surface area (Å²) >= 11 is -2.42. The van der Waals surface area contributed by atoms with Crippen molar-refractivity contribution in [1.82, 2.24) is 19.4 Å². The van der Waals surface area contributed by atoms with Gasteiger partial charge in [-0.3, -0.25) is 18.1 Å². The second-order valence-electron chi connectivity index (χ2n) is 9.46. The number of anilines is 1. The van der Waals surface area contributed by atoms with Gasteiger partial charge in [0, 0.05) is 40.9 Å². The van der Waals surface area contributed by atoms with Crippen molar-refractivity contribution in [2.24, 2.45) is 0 Å². The molecule has 2 aliphatic carbocycles. The van der Waals surface area contributed by atoms with Crippen molar-refractivity contribution >= 4 is 33.6 Å². The number of aromatic nitrogens is 4. The van der Waals surface area contributed by atoms with Gasteiger partial charge in [0.15, 0.2) is 0 Å². The zero-order chi connectivity index (χ0) is 24.9. The highest BCUT2D eigenvalue weighted by Crippen LogP contribution is 2.46. The topological polar surface area (TPSA) is 136 Å². The normalized spacial score (nSPS) is 24.3. The Morgan fingerprint density at radius 3 is 2.81 bits per heavy atom. The standard InChI is InChI=1S/C26H25N5O4S/c27-24-23-22(18-7-6-17-8-9-20(29-21(17)12-18)16-4-2-1-3-5-16)30-25(31(23)11-10-28-24)19-13-26(32,14-19)15-35-36(33)34/h1-4,6-12,16,19,32H,5,13-15H2,(H2,27,28)(H,33,34). The smallest absolute Gasteiger partial charge is 0.301 e. The molecule has 2 unspecified atom stereocenters. The molecule has 1 aromatic carbocycles. The molecule has 4 aromatic rings. The number of imidazole rings is 1. The predicted molar refractivity (Wildman–Crippen MR) is 137 cm³/mol. The SMILES string of the molecule is Nc1nccn2c(C3CC(O)(COS(=O)O)C3)nc(-c3ccc4ccc(C5C=CC=CC5)nc4c3)c12. The minimum absolute atomic E-state index is 0.0647. The molecule has 1 saturated carbocycles. The number of rotatable bonds is 6. The lowest BCUT2D eigenvalue weighted by Crippen LogP contribution is -2.47. The van der Waals surface area contributed by atoms with Crippen LogP contribution in [0.4, 0.5) is 5.82 Å². The van der Waals surface area contributed by atoms with Gasteiger partial charge in [-0.2, -0.15) is 4.21 Å². The molecule has 1 fully saturated rings. The molecule has 0 radical (unpaired) electrons. The minimum atomic E-state index is -2.42. The number of nitrogens with two attached hydrogens (primary N) is 1. The summed E-state index contributed by atoms with van der Waals surface area (Å²) < 4.78 is 26.4. The van der Waals surface area contributed by atoms with Crippen molar-refractivity contribution in [3.05, 3.63) is 78.5 Å². The van der Waals surface area contributed by atoms with Crippen molar-refractivity contribution in [2.45, 2.75) is 36.7 Å². The largest absolute Gasteiger partial charge is 0.387 e. The molecule has 0 saturated heterocycles. The molecule has 6 rings (SSSR count).